The molecule has 0 unspecified atom stereocenters. The quantitative estimate of drug-likeness (QED) is 0.786. The van der Waals surface area contributed by atoms with Gasteiger partial charge in [0.25, 0.3) is 0 Å². The highest BCUT2D eigenvalue weighted by molar-refractivity contribution is 5.85. The van der Waals surface area contributed by atoms with E-state index in [-0.39, 0.29) is 12.4 Å². The molecule has 0 N–H and O–H groups in total. The van der Waals surface area contributed by atoms with Gasteiger partial charge in [-0.1, -0.05) is 18.2 Å². The molecule has 0 atom stereocenters. The highest BCUT2D eigenvalue weighted by atomic mass is 35.5. The van der Waals surface area contributed by atoms with Gasteiger partial charge >= 0.3 is 0 Å². The molecule has 1 aromatic carbocycles. The Labute approximate surface area is 149 Å². The Kier molecular flexibility index (Phi) is 7.43. The van der Waals surface area contributed by atoms with Crippen molar-refractivity contribution >= 4 is 18.5 Å². The zero-order valence-corrected chi connectivity index (χ0v) is 14.8. The average molecular weight is 353 g/mol. The first-order valence-corrected chi connectivity index (χ1v) is 8.06. The predicted octanol–water partition coefficient (Wildman–Crippen LogP) is 2.59. The van der Waals surface area contributed by atoms with Crippen LogP contribution in [0.3, 0.4) is 0 Å². The van der Waals surface area contributed by atoms with E-state index < -0.39 is 0 Å². The van der Waals surface area contributed by atoms with Gasteiger partial charge in [-0.15, -0.1) is 12.4 Å². The van der Waals surface area contributed by atoms with Crippen molar-refractivity contribution in [2.24, 2.45) is 0 Å². The topological polar surface area (TPSA) is 34.2 Å². The van der Waals surface area contributed by atoms with Gasteiger partial charge in [0.1, 0.15) is 18.1 Å². The monoisotopic (exact) mass is 352 g/mol. The third kappa shape index (κ3) is 5.44. The van der Waals surface area contributed by atoms with Crippen molar-refractivity contribution in [3.8, 4) is 5.75 Å². The molecule has 0 aromatic heterocycles. The van der Waals surface area contributed by atoms with E-state index in [9.17, 15) is 0 Å². The molecule has 0 bridgehead atoms. The summed E-state index contributed by atoms with van der Waals surface area (Å²) in [5, 5.41) is 0. The Morgan fingerprint density at radius 1 is 1.17 bits per heavy atom. The number of nitrogens with zero attached hydrogens (tertiary/aromatic N) is 2. The molecular formula is C18H25ClN2O3. The lowest BCUT2D eigenvalue weighted by Gasteiger charge is -2.26. The standard InChI is InChI=1S/C18H24N2O3.ClH/c1-19-14-17(23-15-19)7-6-16-4-2-3-5-18(16)22-13-10-20-8-11-21-12-9-20;/h2-7,14H,8-13,15H2,1H3;1H/b7-6+;. The molecule has 2 aliphatic rings. The maximum absolute atomic E-state index is 5.97. The smallest absolute Gasteiger partial charge is 0.161 e. The number of halogens is 1. The number of ether oxygens (including phenoxy) is 3. The number of morpholine rings is 1. The minimum atomic E-state index is 0. The van der Waals surface area contributed by atoms with Crippen LogP contribution in [0.2, 0.25) is 0 Å². The SMILES string of the molecule is CN1C=C(/C=C/c2ccccc2OCCN2CCOCC2)OC1.Cl. The van der Waals surface area contributed by atoms with Crippen LogP contribution in [0.25, 0.3) is 6.08 Å². The normalized spacial score (nSPS) is 18.2. The van der Waals surface area contributed by atoms with Crippen molar-refractivity contribution in [1.29, 1.82) is 0 Å². The minimum absolute atomic E-state index is 0. The minimum Gasteiger partial charge on any atom is -0.492 e. The molecule has 2 heterocycles. The van der Waals surface area contributed by atoms with Crippen molar-refractivity contribution in [1.82, 2.24) is 9.80 Å². The third-order valence-corrected chi connectivity index (χ3v) is 3.90. The van der Waals surface area contributed by atoms with Crippen LogP contribution >= 0.6 is 12.4 Å². The molecule has 0 aliphatic carbocycles. The van der Waals surface area contributed by atoms with Crippen LogP contribution in [-0.4, -0.2) is 63.0 Å². The van der Waals surface area contributed by atoms with E-state index in [1.165, 1.54) is 0 Å². The first-order valence-electron chi connectivity index (χ1n) is 8.06. The van der Waals surface area contributed by atoms with E-state index in [0.29, 0.717) is 13.3 Å². The fourth-order valence-corrected chi connectivity index (χ4v) is 2.59. The van der Waals surface area contributed by atoms with Crippen molar-refractivity contribution < 1.29 is 14.2 Å². The highest BCUT2D eigenvalue weighted by Gasteiger charge is 2.10. The lowest BCUT2D eigenvalue weighted by atomic mass is 10.2. The summed E-state index contributed by atoms with van der Waals surface area (Å²) in [6.45, 7) is 5.85. The number of rotatable bonds is 6. The number of allylic oxidation sites excluding steroid dienone is 1. The van der Waals surface area contributed by atoms with Crippen molar-refractivity contribution in [3.05, 3.63) is 47.9 Å². The zero-order chi connectivity index (χ0) is 15.9. The molecule has 24 heavy (non-hydrogen) atoms. The van der Waals surface area contributed by atoms with Gasteiger partial charge in [-0.05, 0) is 18.2 Å². The van der Waals surface area contributed by atoms with E-state index in [2.05, 4.69) is 11.0 Å². The second-order valence-electron chi connectivity index (χ2n) is 5.74. The molecule has 1 fully saturated rings. The van der Waals surface area contributed by atoms with Crippen LogP contribution < -0.4 is 4.74 Å². The number of hydrogen-bond donors (Lipinski definition) is 0. The van der Waals surface area contributed by atoms with Gasteiger partial charge < -0.3 is 19.1 Å². The first-order chi connectivity index (χ1) is 11.3. The van der Waals surface area contributed by atoms with Crippen molar-refractivity contribution in [3.63, 3.8) is 0 Å². The predicted molar refractivity (Wildman–Crippen MR) is 97.3 cm³/mol. The maximum Gasteiger partial charge on any atom is 0.161 e. The van der Waals surface area contributed by atoms with Crippen LogP contribution in [0.15, 0.2) is 42.3 Å². The van der Waals surface area contributed by atoms with Gasteiger partial charge in [-0.3, -0.25) is 4.90 Å². The molecule has 1 saturated heterocycles. The largest absolute Gasteiger partial charge is 0.492 e. The summed E-state index contributed by atoms with van der Waals surface area (Å²) in [6, 6.07) is 8.08. The molecule has 0 spiro atoms. The van der Waals surface area contributed by atoms with E-state index in [4.69, 9.17) is 14.2 Å². The van der Waals surface area contributed by atoms with Gasteiger partial charge in [0.05, 0.1) is 13.2 Å². The summed E-state index contributed by atoms with van der Waals surface area (Å²) in [5.74, 6) is 1.78. The fourth-order valence-electron chi connectivity index (χ4n) is 2.59. The summed E-state index contributed by atoms with van der Waals surface area (Å²) in [5.41, 5.74) is 1.06. The molecule has 0 saturated carbocycles. The Hall–Kier alpha value is -1.69. The molecule has 2 aliphatic heterocycles. The van der Waals surface area contributed by atoms with E-state index >= 15 is 0 Å². The van der Waals surface area contributed by atoms with E-state index in [1.807, 2.05) is 48.5 Å². The van der Waals surface area contributed by atoms with Crippen molar-refractivity contribution in [2.75, 3.05) is 53.2 Å². The average Bonchev–Trinajstić information content (AvgIpc) is 3.00. The molecule has 0 amide bonds. The molecule has 6 heteroatoms. The summed E-state index contributed by atoms with van der Waals surface area (Å²) >= 11 is 0. The van der Waals surface area contributed by atoms with Gasteiger partial charge in [-0.2, -0.15) is 0 Å². The third-order valence-electron chi connectivity index (χ3n) is 3.90. The fraction of sp³-hybridized carbons (Fsp3) is 0.444. The van der Waals surface area contributed by atoms with Gasteiger partial charge in [0.2, 0.25) is 0 Å². The Morgan fingerprint density at radius 3 is 2.71 bits per heavy atom. The molecule has 3 rings (SSSR count). The Bertz CT molecular complexity index is 571. The second kappa shape index (κ2) is 9.57. The lowest BCUT2D eigenvalue weighted by molar-refractivity contribution is 0.0322. The van der Waals surface area contributed by atoms with Crippen molar-refractivity contribution in [2.45, 2.75) is 0 Å². The number of para-hydroxylation sites is 1. The van der Waals surface area contributed by atoms with Crippen LogP contribution in [0.1, 0.15) is 5.56 Å². The number of hydrogen-bond acceptors (Lipinski definition) is 5. The Balaban J connectivity index is 0.00000208. The molecule has 1 aromatic rings. The maximum atomic E-state index is 5.97. The van der Waals surface area contributed by atoms with Gasteiger partial charge in [0.15, 0.2) is 6.73 Å². The van der Waals surface area contributed by atoms with E-state index in [0.717, 1.165) is 49.9 Å². The van der Waals surface area contributed by atoms with Crippen LogP contribution in [-0.2, 0) is 9.47 Å². The zero-order valence-electron chi connectivity index (χ0n) is 14.0. The molecule has 0 radical (unpaired) electrons. The van der Waals surface area contributed by atoms with Gasteiger partial charge in [-0.25, -0.2) is 0 Å². The van der Waals surface area contributed by atoms with Crippen LogP contribution in [0.5, 0.6) is 5.75 Å². The summed E-state index contributed by atoms with van der Waals surface area (Å²) < 4.78 is 16.9. The summed E-state index contributed by atoms with van der Waals surface area (Å²) in [6.07, 6.45) is 6.00. The molecule has 5 nitrogen and oxygen atoms in total. The first kappa shape index (κ1) is 18.6. The summed E-state index contributed by atoms with van der Waals surface area (Å²) in [7, 11) is 1.99. The van der Waals surface area contributed by atoms with Crippen LogP contribution in [0, 0.1) is 0 Å². The molecular weight excluding hydrogens is 328 g/mol. The Morgan fingerprint density at radius 2 is 1.96 bits per heavy atom. The highest BCUT2D eigenvalue weighted by Crippen LogP contribution is 2.21. The second-order valence-corrected chi connectivity index (χ2v) is 5.74. The lowest BCUT2D eigenvalue weighted by Crippen LogP contribution is -2.38. The van der Waals surface area contributed by atoms with Gasteiger partial charge in [0, 0.05) is 38.4 Å². The van der Waals surface area contributed by atoms with Crippen LogP contribution in [0.4, 0.5) is 0 Å². The summed E-state index contributed by atoms with van der Waals surface area (Å²) in [4.78, 5) is 4.37. The molecule has 132 valence electrons. The number of benzene rings is 1. The van der Waals surface area contributed by atoms with E-state index in [1.54, 1.807) is 0 Å².